The molecule has 3 aromatic rings. The average molecular weight is 474 g/mol. The van der Waals surface area contributed by atoms with Crippen molar-refractivity contribution in [2.24, 2.45) is 16.9 Å². The molecule has 4 atom stereocenters. The van der Waals surface area contributed by atoms with E-state index in [4.69, 9.17) is 11.6 Å². The maximum Gasteiger partial charge on any atom is 0.240 e. The summed E-state index contributed by atoms with van der Waals surface area (Å²) in [5, 5.41) is 6.57. The van der Waals surface area contributed by atoms with Crippen LogP contribution in [0.3, 0.4) is 0 Å². The van der Waals surface area contributed by atoms with Crippen LogP contribution < -0.4 is 4.90 Å². The van der Waals surface area contributed by atoms with Crippen LogP contribution in [0.2, 0.25) is 5.02 Å². The standard InChI is InChI=1S/C26H17ClFN3O3/c27-16-7-11-18(12-8-16)30-25(33)20-21(26(30)34)23(24(32)14-5-9-17(28)10-6-14)31-22(20)19-4-2-1-3-15(19)13-29-31/h1-13,20-23H/t20-,21-,22+,23+/m1/s1. The third-order valence-corrected chi connectivity index (χ3v) is 7.03. The van der Waals surface area contributed by atoms with Crippen molar-refractivity contribution >= 4 is 41.1 Å². The normalized spacial score (nSPS) is 24.8. The van der Waals surface area contributed by atoms with Gasteiger partial charge in [0.05, 0.1) is 29.8 Å². The second-order valence-electron chi connectivity index (χ2n) is 8.55. The molecule has 3 aliphatic rings. The molecule has 0 N–H and O–H groups in total. The summed E-state index contributed by atoms with van der Waals surface area (Å²) >= 11 is 6.00. The summed E-state index contributed by atoms with van der Waals surface area (Å²) in [5.41, 5.74) is 2.33. The molecule has 6 rings (SSSR count). The molecule has 2 saturated heterocycles. The van der Waals surface area contributed by atoms with Gasteiger partial charge in [-0.15, -0.1) is 0 Å². The molecule has 34 heavy (non-hydrogen) atoms. The highest BCUT2D eigenvalue weighted by atomic mass is 35.5. The van der Waals surface area contributed by atoms with Gasteiger partial charge in [-0.05, 0) is 59.7 Å². The quantitative estimate of drug-likeness (QED) is 0.421. The van der Waals surface area contributed by atoms with Gasteiger partial charge < -0.3 is 0 Å². The lowest BCUT2D eigenvalue weighted by molar-refractivity contribution is -0.124. The molecule has 6 nitrogen and oxygen atoms in total. The number of hydrogen-bond acceptors (Lipinski definition) is 5. The molecule has 0 unspecified atom stereocenters. The minimum absolute atomic E-state index is 0.255. The Bertz CT molecular complexity index is 1370. The van der Waals surface area contributed by atoms with Crippen LogP contribution in [-0.4, -0.2) is 34.9 Å². The van der Waals surface area contributed by atoms with Gasteiger partial charge in [0.15, 0.2) is 5.78 Å². The molecule has 0 spiro atoms. The minimum Gasteiger partial charge on any atom is -0.292 e. The van der Waals surface area contributed by atoms with E-state index in [0.717, 1.165) is 16.0 Å². The molecule has 168 valence electrons. The van der Waals surface area contributed by atoms with Gasteiger partial charge in [-0.1, -0.05) is 35.9 Å². The fraction of sp³-hybridized carbons (Fsp3) is 0.154. The summed E-state index contributed by atoms with van der Waals surface area (Å²) < 4.78 is 13.5. The van der Waals surface area contributed by atoms with E-state index in [1.807, 2.05) is 24.3 Å². The highest BCUT2D eigenvalue weighted by Gasteiger charge is 2.65. The monoisotopic (exact) mass is 473 g/mol. The number of halogens is 2. The Morgan fingerprint density at radius 3 is 2.29 bits per heavy atom. The van der Waals surface area contributed by atoms with Crippen molar-refractivity contribution in [3.05, 3.63) is 100 Å². The number of hydrazone groups is 1. The predicted molar refractivity (Wildman–Crippen MR) is 124 cm³/mol. The second-order valence-corrected chi connectivity index (χ2v) is 8.99. The van der Waals surface area contributed by atoms with Crippen molar-refractivity contribution in [2.75, 3.05) is 4.90 Å². The molecular formula is C26H17ClFN3O3. The number of fused-ring (bicyclic) bond motifs is 5. The number of ketones is 1. The average Bonchev–Trinajstić information content (AvgIpc) is 3.32. The maximum atomic E-state index is 13.7. The molecule has 2 amide bonds. The molecule has 0 saturated carbocycles. The number of carbonyl (C=O) groups excluding carboxylic acids is 3. The van der Waals surface area contributed by atoms with Gasteiger partial charge in [0.2, 0.25) is 11.8 Å². The lowest BCUT2D eigenvalue weighted by Crippen LogP contribution is -2.44. The molecule has 3 aliphatic heterocycles. The number of anilines is 1. The lowest BCUT2D eigenvalue weighted by atomic mass is 9.83. The second kappa shape index (κ2) is 7.60. The van der Waals surface area contributed by atoms with Crippen molar-refractivity contribution < 1.29 is 18.8 Å². The largest absolute Gasteiger partial charge is 0.292 e. The van der Waals surface area contributed by atoms with E-state index in [-0.39, 0.29) is 17.3 Å². The van der Waals surface area contributed by atoms with Gasteiger partial charge in [0.1, 0.15) is 11.9 Å². The van der Waals surface area contributed by atoms with Crippen molar-refractivity contribution in [2.45, 2.75) is 12.1 Å². The van der Waals surface area contributed by atoms with Crippen LogP contribution in [0.4, 0.5) is 10.1 Å². The maximum absolute atomic E-state index is 13.7. The van der Waals surface area contributed by atoms with Crippen molar-refractivity contribution in [1.82, 2.24) is 5.01 Å². The smallest absolute Gasteiger partial charge is 0.240 e. The fourth-order valence-corrected chi connectivity index (χ4v) is 5.42. The highest BCUT2D eigenvalue weighted by molar-refractivity contribution is 6.31. The lowest BCUT2D eigenvalue weighted by Gasteiger charge is -2.33. The minimum atomic E-state index is -1.00. The van der Waals surface area contributed by atoms with Gasteiger partial charge in [0.25, 0.3) is 0 Å². The van der Waals surface area contributed by atoms with E-state index in [2.05, 4.69) is 5.10 Å². The first kappa shape index (κ1) is 20.7. The molecular weight excluding hydrogens is 457 g/mol. The van der Waals surface area contributed by atoms with Gasteiger partial charge in [0, 0.05) is 10.6 Å². The third kappa shape index (κ3) is 2.93. The Morgan fingerprint density at radius 2 is 1.56 bits per heavy atom. The predicted octanol–water partition coefficient (Wildman–Crippen LogP) is 4.24. The summed E-state index contributed by atoms with van der Waals surface area (Å²) in [5.74, 6) is -3.42. The molecule has 3 aromatic carbocycles. The first-order chi connectivity index (χ1) is 16.5. The first-order valence-corrected chi connectivity index (χ1v) is 11.2. The number of amides is 2. The zero-order valence-corrected chi connectivity index (χ0v) is 18.4. The zero-order valence-electron chi connectivity index (χ0n) is 17.6. The molecule has 0 aromatic heterocycles. The van der Waals surface area contributed by atoms with Crippen LogP contribution in [-0.2, 0) is 9.59 Å². The Labute approximate surface area is 199 Å². The fourth-order valence-electron chi connectivity index (χ4n) is 5.30. The summed E-state index contributed by atoms with van der Waals surface area (Å²) in [4.78, 5) is 42.3. The Hall–Kier alpha value is -3.84. The number of imide groups is 1. The van der Waals surface area contributed by atoms with E-state index in [1.54, 1.807) is 35.5 Å². The Kier molecular flexibility index (Phi) is 4.64. The van der Waals surface area contributed by atoms with E-state index >= 15 is 0 Å². The molecule has 0 bridgehead atoms. The number of benzene rings is 3. The van der Waals surface area contributed by atoms with Crippen LogP contribution >= 0.6 is 11.6 Å². The molecule has 0 aliphatic carbocycles. The van der Waals surface area contributed by atoms with Crippen molar-refractivity contribution in [3.63, 3.8) is 0 Å². The van der Waals surface area contributed by atoms with Crippen LogP contribution in [0.25, 0.3) is 0 Å². The topological polar surface area (TPSA) is 70.0 Å². The number of hydrogen-bond donors (Lipinski definition) is 0. The van der Waals surface area contributed by atoms with E-state index in [1.165, 1.54) is 24.3 Å². The molecule has 3 heterocycles. The number of carbonyl (C=O) groups is 3. The summed E-state index contributed by atoms with van der Waals surface area (Å²) in [6, 6.07) is 17.6. The van der Waals surface area contributed by atoms with Crippen LogP contribution in [0.15, 0.2) is 77.9 Å². The van der Waals surface area contributed by atoms with E-state index < -0.39 is 35.6 Å². The SMILES string of the molecule is O=C(c1ccc(F)cc1)[C@@H]1[C@@H]2C(=O)N(c3ccc(Cl)cc3)C(=O)[C@H]2[C@@H]2c3ccccc3C=NN12. The van der Waals surface area contributed by atoms with Gasteiger partial charge in [-0.2, -0.15) is 5.10 Å². The number of rotatable bonds is 3. The van der Waals surface area contributed by atoms with Gasteiger partial charge >= 0.3 is 0 Å². The molecule has 2 fully saturated rings. The Morgan fingerprint density at radius 1 is 0.882 bits per heavy atom. The van der Waals surface area contributed by atoms with Crippen molar-refractivity contribution in [1.29, 1.82) is 0 Å². The molecule has 8 heteroatoms. The van der Waals surface area contributed by atoms with Gasteiger partial charge in [-0.3, -0.25) is 19.4 Å². The van der Waals surface area contributed by atoms with E-state index in [0.29, 0.717) is 10.7 Å². The summed E-state index contributed by atoms with van der Waals surface area (Å²) in [6.45, 7) is 0. The van der Waals surface area contributed by atoms with Crippen molar-refractivity contribution in [3.8, 4) is 0 Å². The number of nitrogens with zero attached hydrogens (tertiary/aromatic N) is 3. The summed E-state index contributed by atoms with van der Waals surface area (Å²) in [6.07, 6.45) is 1.64. The number of Topliss-reactive ketones (excluding diaryl/α,β-unsaturated/α-hetero) is 1. The van der Waals surface area contributed by atoms with Crippen LogP contribution in [0.1, 0.15) is 27.5 Å². The van der Waals surface area contributed by atoms with E-state index in [9.17, 15) is 18.8 Å². The van der Waals surface area contributed by atoms with Gasteiger partial charge in [-0.25, -0.2) is 9.29 Å². The molecule has 0 radical (unpaired) electrons. The van der Waals surface area contributed by atoms with Crippen LogP contribution in [0.5, 0.6) is 0 Å². The van der Waals surface area contributed by atoms with Crippen LogP contribution in [0, 0.1) is 17.7 Å². The first-order valence-electron chi connectivity index (χ1n) is 10.8. The highest BCUT2D eigenvalue weighted by Crippen LogP contribution is 2.53. The summed E-state index contributed by atoms with van der Waals surface area (Å²) in [7, 11) is 0. The zero-order chi connectivity index (χ0) is 23.6. The third-order valence-electron chi connectivity index (χ3n) is 6.78. The Balaban J connectivity index is 1.49.